The van der Waals surface area contributed by atoms with Crippen LogP contribution >= 0.6 is 15.9 Å². The maximum absolute atomic E-state index is 11.9. The van der Waals surface area contributed by atoms with Crippen molar-refractivity contribution in [2.45, 2.75) is 25.2 Å². The monoisotopic (exact) mass is 293 g/mol. The maximum Gasteiger partial charge on any atom is 0.223 e. The highest BCUT2D eigenvalue weighted by atomic mass is 79.9. The van der Waals surface area contributed by atoms with E-state index < -0.39 is 0 Å². The van der Waals surface area contributed by atoms with Crippen LogP contribution in [0.3, 0.4) is 0 Å². The molecule has 2 nitrogen and oxygen atoms in total. The molecule has 2 fully saturated rings. The molecule has 1 aromatic rings. The summed E-state index contributed by atoms with van der Waals surface area (Å²) in [6.45, 7) is 0.891. The van der Waals surface area contributed by atoms with Crippen LogP contribution in [0, 0.1) is 11.8 Å². The maximum atomic E-state index is 11.9. The lowest BCUT2D eigenvalue weighted by Crippen LogP contribution is -2.27. The van der Waals surface area contributed by atoms with Gasteiger partial charge in [0, 0.05) is 16.9 Å². The summed E-state index contributed by atoms with van der Waals surface area (Å²) >= 11 is 3.43. The molecule has 0 aliphatic heterocycles. The van der Waals surface area contributed by atoms with Gasteiger partial charge in [0.2, 0.25) is 5.91 Å². The zero-order valence-corrected chi connectivity index (χ0v) is 11.2. The van der Waals surface area contributed by atoms with E-state index in [0.29, 0.717) is 5.92 Å². The van der Waals surface area contributed by atoms with E-state index in [1.165, 1.54) is 18.4 Å². The van der Waals surface area contributed by atoms with E-state index in [1.807, 2.05) is 12.1 Å². The minimum Gasteiger partial charge on any atom is -0.356 e. The van der Waals surface area contributed by atoms with Gasteiger partial charge in [0.05, 0.1) is 0 Å². The summed E-state index contributed by atoms with van der Waals surface area (Å²) in [5.41, 5.74) is 1.29. The molecule has 0 heterocycles. The number of hydrogen-bond acceptors (Lipinski definition) is 1. The topological polar surface area (TPSA) is 29.1 Å². The van der Waals surface area contributed by atoms with Crippen molar-refractivity contribution in [2.75, 3.05) is 6.54 Å². The number of rotatable bonds is 4. The molecule has 3 rings (SSSR count). The molecule has 0 bridgehead atoms. The minimum absolute atomic E-state index is 0.218. The summed E-state index contributed by atoms with van der Waals surface area (Å²) in [7, 11) is 0. The first-order chi connectivity index (χ1) is 8.24. The quantitative estimate of drug-likeness (QED) is 0.908. The van der Waals surface area contributed by atoms with Crippen LogP contribution in [-0.2, 0) is 4.79 Å². The fourth-order valence-electron chi connectivity index (χ4n) is 2.26. The first-order valence-electron chi connectivity index (χ1n) is 6.27. The Morgan fingerprint density at radius 3 is 2.65 bits per heavy atom. The highest BCUT2D eigenvalue weighted by Gasteiger charge is 2.43. The first kappa shape index (κ1) is 11.3. The van der Waals surface area contributed by atoms with Crippen molar-refractivity contribution < 1.29 is 4.79 Å². The molecule has 2 aliphatic rings. The number of amides is 1. The smallest absolute Gasteiger partial charge is 0.223 e. The Labute approximate surface area is 110 Å². The Balaban J connectivity index is 1.54. The van der Waals surface area contributed by atoms with Gasteiger partial charge in [0.15, 0.2) is 0 Å². The molecule has 1 N–H and O–H groups in total. The molecule has 90 valence electrons. The Hall–Kier alpha value is -0.830. The van der Waals surface area contributed by atoms with Crippen LogP contribution in [0.15, 0.2) is 28.7 Å². The van der Waals surface area contributed by atoms with E-state index >= 15 is 0 Å². The van der Waals surface area contributed by atoms with Gasteiger partial charge in [-0.15, -0.1) is 0 Å². The Morgan fingerprint density at radius 2 is 2.00 bits per heavy atom. The summed E-state index contributed by atoms with van der Waals surface area (Å²) in [6.07, 6.45) is 3.60. The van der Waals surface area contributed by atoms with Crippen molar-refractivity contribution in [1.82, 2.24) is 5.32 Å². The van der Waals surface area contributed by atoms with Gasteiger partial charge in [-0.1, -0.05) is 28.1 Å². The Kier molecular flexibility index (Phi) is 2.95. The Morgan fingerprint density at radius 1 is 1.29 bits per heavy atom. The van der Waals surface area contributed by atoms with Gasteiger partial charge in [-0.2, -0.15) is 0 Å². The van der Waals surface area contributed by atoms with Crippen LogP contribution in [-0.4, -0.2) is 12.5 Å². The van der Waals surface area contributed by atoms with Crippen molar-refractivity contribution >= 4 is 21.8 Å². The molecule has 2 atom stereocenters. The Bertz CT molecular complexity index is 424. The van der Waals surface area contributed by atoms with Crippen molar-refractivity contribution in [1.29, 1.82) is 0 Å². The second-order valence-electron chi connectivity index (χ2n) is 5.19. The minimum atomic E-state index is 0.218. The summed E-state index contributed by atoms with van der Waals surface area (Å²) in [4.78, 5) is 11.9. The number of nitrogens with one attached hydrogen (secondary N) is 1. The number of carbonyl (C=O) groups is 1. The SMILES string of the molecule is O=C(NCC1CC1)[C@@H]1C[C@H]1c1ccc(Br)cc1. The van der Waals surface area contributed by atoms with Gasteiger partial charge < -0.3 is 5.32 Å². The van der Waals surface area contributed by atoms with Crippen molar-refractivity contribution in [3.63, 3.8) is 0 Å². The zero-order valence-electron chi connectivity index (χ0n) is 9.66. The van der Waals surface area contributed by atoms with Gasteiger partial charge >= 0.3 is 0 Å². The van der Waals surface area contributed by atoms with Crippen LogP contribution in [0.5, 0.6) is 0 Å². The number of hydrogen-bond donors (Lipinski definition) is 1. The van der Waals surface area contributed by atoms with E-state index in [9.17, 15) is 4.79 Å². The van der Waals surface area contributed by atoms with Gasteiger partial charge in [-0.05, 0) is 48.8 Å². The molecule has 2 aliphatic carbocycles. The molecule has 17 heavy (non-hydrogen) atoms. The molecule has 0 saturated heterocycles. The molecular formula is C14H16BrNO. The van der Waals surface area contributed by atoms with Gasteiger partial charge in [0.1, 0.15) is 0 Å². The second-order valence-corrected chi connectivity index (χ2v) is 6.10. The molecule has 1 aromatic carbocycles. The lowest BCUT2D eigenvalue weighted by atomic mass is 10.1. The van der Waals surface area contributed by atoms with E-state index in [2.05, 4.69) is 33.4 Å². The molecular weight excluding hydrogens is 278 g/mol. The third-order valence-electron chi connectivity index (χ3n) is 3.69. The molecule has 0 aromatic heterocycles. The van der Waals surface area contributed by atoms with Crippen LogP contribution < -0.4 is 5.32 Å². The summed E-state index contributed by atoms with van der Waals surface area (Å²) in [5, 5.41) is 3.07. The van der Waals surface area contributed by atoms with Gasteiger partial charge in [0.25, 0.3) is 0 Å². The van der Waals surface area contributed by atoms with Gasteiger partial charge in [-0.25, -0.2) is 0 Å². The molecule has 0 radical (unpaired) electrons. The predicted octanol–water partition coefficient (Wildman–Crippen LogP) is 3.08. The van der Waals surface area contributed by atoms with Gasteiger partial charge in [-0.3, -0.25) is 4.79 Å². The molecule has 3 heteroatoms. The van der Waals surface area contributed by atoms with E-state index in [-0.39, 0.29) is 11.8 Å². The fourth-order valence-corrected chi connectivity index (χ4v) is 2.53. The van der Waals surface area contributed by atoms with Crippen molar-refractivity contribution in [3.05, 3.63) is 34.3 Å². The fraction of sp³-hybridized carbons (Fsp3) is 0.500. The van der Waals surface area contributed by atoms with Crippen LogP contribution in [0.1, 0.15) is 30.7 Å². The van der Waals surface area contributed by atoms with Crippen molar-refractivity contribution in [2.24, 2.45) is 11.8 Å². The van der Waals surface area contributed by atoms with Crippen LogP contribution in [0.4, 0.5) is 0 Å². The predicted molar refractivity (Wildman–Crippen MR) is 70.7 cm³/mol. The highest BCUT2D eigenvalue weighted by Crippen LogP contribution is 2.47. The largest absolute Gasteiger partial charge is 0.356 e. The number of benzene rings is 1. The lowest BCUT2D eigenvalue weighted by molar-refractivity contribution is -0.122. The van der Waals surface area contributed by atoms with Crippen molar-refractivity contribution in [3.8, 4) is 0 Å². The summed E-state index contributed by atoms with van der Waals surface area (Å²) < 4.78 is 1.09. The zero-order chi connectivity index (χ0) is 11.8. The third kappa shape index (κ3) is 2.71. The molecule has 1 amide bonds. The van der Waals surface area contributed by atoms with Crippen LogP contribution in [0.25, 0.3) is 0 Å². The summed E-state index contributed by atoms with van der Waals surface area (Å²) in [6, 6.07) is 8.32. The number of halogens is 1. The number of carbonyl (C=O) groups excluding carboxylic acids is 1. The molecule has 0 unspecified atom stereocenters. The van der Waals surface area contributed by atoms with E-state index in [0.717, 1.165) is 23.4 Å². The second kappa shape index (κ2) is 4.45. The van der Waals surface area contributed by atoms with E-state index in [4.69, 9.17) is 0 Å². The highest BCUT2D eigenvalue weighted by molar-refractivity contribution is 9.10. The normalized spacial score (nSPS) is 26.6. The molecule has 2 saturated carbocycles. The average molecular weight is 294 g/mol. The summed E-state index contributed by atoms with van der Waals surface area (Å²) in [5.74, 6) is 1.69. The van der Waals surface area contributed by atoms with Crippen LogP contribution in [0.2, 0.25) is 0 Å². The average Bonchev–Trinajstić information content (AvgIpc) is 3.20. The van der Waals surface area contributed by atoms with E-state index in [1.54, 1.807) is 0 Å². The third-order valence-corrected chi connectivity index (χ3v) is 4.22. The standard InChI is InChI=1S/C14H16BrNO/c15-11-5-3-10(4-6-11)12-7-13(12)14(17)16-8-9-1-2-9/h3-6,9,12-13H,1-2,7-8H2,(H,16,17)/t12-,13+/m0/s1. The first-order valence-corrected chi connectivity index (χ1v) is 7.06. The lowest BCUT2D eigenvalue weighted by Gasteiger charge is -2.03. The molecule has 0 spiro atoms.